The van der Waals surface area contributed by atoms with Crippen molar-refractivity contribution in [2.45, 2.75) is 0 Å². The van der Waals surface area contributed by atoms with Crippen LogP contribution in [0.4, 0.5) is 5.69 Å². The van der Waals surface area contributed by atoms with Crippen LogP contribution in [-0.2, 0) is 0 Å². The molecule has 0 fully saturated rings. The number of nitrogens with zero attached hydrogens (tertiary/aromatic N) is 6. The zero-order valence-corrected chi connectivity index (χ0v) is 31.5. The molecule has 0 saturated heterocycles. The van der Waals surface area contributed by atoms with Gasteiger partial charge in [0.2, 0.25) is 0 Å². The van der Waals surface area contributed by atoms with Crippen LogP contribution in [0, 0.1) is 10.1 Å². The van der Waals surface area contributed by atoms with Crippen molar-refractivity contribution in [2.75, 3.05) is 0 Å². The Hall–Kier alpha value is -8.23. The van der Waals surface area contributed by atoms with E-state index in [4.69, 9.17) is 15.0 Å². The summed E-state index contributed by atoms with van der Waals surface area (Å²) in [6.45, 7) is 0. The number of aromatic nitrogens is 5. The van der Waals surface area contributed by atoms with E-state index in [0.29, 0.717) is 34.2 Å². The zero-order valence-electron chi connectivity index (χ0n) is 31.5. The minimum Gasteiger partial charge on any atom is -0.309 e. The van der Waals surface area contributed by atoms with E-state index in [1.165, 1.54) is 0 Å². The SMILES string of the molecule is O=[N+]([O-])c1ccccc1-c1cc(-c2nc(-c3ccccc3)nc(-c3ccccc3)n2)ccc1-n1c2ccccc2c2ccc3c(c4ccccc4n3-c3ccccc3)c21. The lowest BCUT2D eigenvalue weighted by Crippen LogP contribution is -2.03. The molecular formula is C51H32N6O2. The van der Waals surface area contributed by atoms with Gasteiger partial charge in [-0.1, -0.05) is 133 Å². The molecule has 0 aliphatic heterocycles. The van der Waals surface area contributed by atoms with Crippen molar-refractivity contribution in [1.82, 2.24) is 24.1 Å². The summed E-state index contributed by atoms with van der Waals surface area (Å²) in [5, 5.41) is 17.2. The first kappa shape index (κ1) is 34.1. The molecule has 0 bridgehead atoms. The highest BCUT2D eigenvalue weighted by atomic mass is 16.6. The van der Waals surface area contributed by atoms with E-state index in [2.05, 4.69) is 94.1 Å². The quantitative estimate of drug-likeness (QED) is 0.119. The first-order valence-electron chi connectivity index (χ1n) is 19.4. The van der Waals surface area contributed by atoms with Gasteiger partial charge >= 0.3 is 0 Å². The van der Waals surface area contributed by atoms with Crippen molar-refractivity contribution < 1.29 is 4.92 Å². The molecule has 0 radical (unpaired) electrons. The van der Waals surface area contributed by atoms with Crippen molar-refractivity contribution in [3.8, 4) is 56.7 Å². The molecule has 8 nitrogen and oxygen atoms in total. The number of nitro groups is 1. The van der Waals surface area contributed by atoms with Crippen molar-refractivity contribution in [3.05, 3.63) is 204 Å². The fourth-order valence-corrected chi connectivity index (χ4v) is 8.50. The lowest BCUT2D eigenvalue weighted by molar-refractivity contribution is -0.384. The molecule has 11 rings (SSSR count). The van der Waals surface area contributed by atoms with Crippen LogP contribution in [0.25, 0.3) is 100 Å². The molecule has 0 aliphatic rings. The second-order valence-electron chi connectivity index (χ2n) is 14.4. The number of hydrogen-bond donors (Lipinski definition) is 0. The molecule has 0 amide bonds. The fourth-order valence-electron chi connectivity index (χ4n) is 8.50. The summed E-state index contributed by atoms with van der Waals surface area (Å²) in [6.07, 6.45) is 0. The van der Waals surface area contributed by atoms with Gasteiger partial charge in [-0.25, -0.2) is 15.0 Å². The van der Waals surface area contributed by atoms with Crippen LogP contribution in [-0.4, -0.2) is 29.0 Å². The first-order chi connectivity index (χ1) is 29.1. The van der Waals surface area contributed by atoms with Crippen LogP contribution in [0.5, 0.6) is 0 Å². The smallest absolute Gasteiger partial charge is 0.277 e. The highest BCUT2D eigenvalue weighted by Gasteiger charge is 2.25. The summed E-state index contributed by atoms with van der Waals surface area (Å²) in [6, 6.07) is 64.4. The molecule has 278 valence electrons. The summed E-state index contributed by atoms with van der Waals surface area (Å²) >= 11 is 0. The Bertz CT molecular complexity index is 3350. The molecule has 0 unspecified atom stereocenters. The van der Waals surface area contributed by atoms with E-state index < -0.39 is 0 Å². The summed E-state index contributed by atoms with van der Waals surface area (Å²) in [4.78, 5) is 27.4. The van der Waals surface area contributed by atoms with Gasteiger partial charge in [0, 0.05) is 55.6 Å². The molecule has 0 spiro atoms. The van der Waals surface area contributed by atoms with E-state index in [-0.39, 0.29) is 10.6 Å². The maximum atomic E-state index is 12.8. The Morgan fingerprint density at radius 2 is 0.966 bits per heavy atom. The Morgan fingerprint density at radius 1 is 0.424 bits per heavy atom. The normalized spacial score (nSPS) is 11.5. The number of benzene rings is 8. The van der Waals surface area contributed by atoms with E-state index in [0.717, 1.165) is 66.1 Å². The van der Waals surface area contributed by atoms with Crippen LogP contribution < -0.4 is 0 Å². The lowest BCUT2D eigenvalue weighted by atomic mass is 9.98. The number of para-hydroxylation sites is 4. The van der Waals surface area contributed by atoms with Crippen molar-refractivity contribution in [1.29, 1.82) is 0 Å². The summed E-state index contributed by atoms with van der Waals surface area (Å²) in [7, 11) is 0. The molecule has 8 aromatic carbocycles. The van der Waals surface area contributed by atoms with Gasteiger partial charge in [0.25, 0.3) is 5.69 Å². The molecule has 0 atom stereocenters. The van der Waals surface area contributed by atoms with E-state index in [1.54, 1.807) is 12.1 Å². The highest BCUT2D eigenvalue weighted by molar-refractivity contribution is 6.26. The summed E-state index contributed by atoms with van der Waals surface area (Å²) in [5.41, 5.74) is 9.57. The monoisotopic (exact) mass is 760 g/mol. The van der Waals surface area contributed by atoms with Crippen LogP contribution in [0.3, 0.4) is 0 Å². The second-order valence-corrected chi connectivity index (χ2v) is 14.4. The largest absolute Gasteiger partial charge is 0.309 e. The van der Waals surface area contributed by atoms with Gasteiger partial charge in [0.15, 0.2) is 17.5 Å². The number of hydrogen-bond acceptors (Lipinski definition) is 5. The highest BCUT2D eigenvalue weighted by Crippen LogP contribution is 2.45. The van der Waals surface area contributed by atoms with E-state index >= 15 is 0 Å². The predicted octanol–water partition coefficient (Wildman–Crippen LogP) is 12.6. The molecule has 3 heterocycles. The summed E-state index contributed by atoms with van der Waals surface area (Å²) < 4.78 is 4.59. The Kier molecular flexibility index (Phi) is 7.94. The maximum absolute atomic E-state index is 12.8. The maximum Gasteiger partial charge on any atom is 0.277 e. The van der Waals surface area contributed by atoms with Crippen LogP contribution in [0.1, 0.15) is 0 Å². The van der Waals surface area contributed by atoms with Gasteiger partial charge in [-0.2, -0.15) is 0 Å². The van der Waals surface area contributed by atoms with Gasteiger partial charge in [-0.15, -0.1) is 0 Å². The number of rotatable bonds is 7. The van der Waals surface area contributed by atoms with Gasteiger partial charge in [-0.05, 0) is 54.6 Å². The molecule has 0 aliphatic carbocycles. The predicted molar refractivity (Wildman–Crippen MR) is 237 cm³/mol. The third-order valence-corrected chi connectivity index (χ3v) is 11.1. The van der Waals surface area contributed by atoms with Crippen LogP contribution in [0.2, 0.25) is 0 Å². The third kappa shape index (κ3) is 5.57. The molecular weight excluding hydrogens is 729 g/mol. The Labute approximate surface area is 338 Å². The topological polar surface area (TPSA) is 91.7 Å². The average Bonchev–Trinajstić information content (AvgIpc) is 3.82. The Balaban J connectivity index is 1.25. The molecule has 8 heteroatoms. The second kappa shape index (κ2) is 13.8. The van der Waals surface area contributed by atoms with Gasteiger partial charge in [0.1, 0.15) is 0 Å². The van der Waals surface area contributed by atoms with Crippen LogP contribution in [0.15, 0.2) is 194 Å². The average molecular weight is 761 g/mol. The first-order valence-corrected chi connectivity index (χ1v) is 19.4. The molecule has 0 N–H and O–H groups in total. The number of fused-ring (bicyclic) bond motifs is 7. The molecule has 3 aromatic heterocycles. The summed E-state index contributed by atoms with van der Waals surface area (Å²) in [5.74, 6) is 1.52. The Morgan fingerprint density at radius 3 is 1.63 bits per heavy atom. The van der Waals surface area contributed by atoms with Crippen molar-refractivity contribution in [2.24, 2.45) is 0 Å². The van der Waals surface area contributed by atoms with E-state index in [1.807, 2.05) is 97.1 Å². The van der Waals surface area contributed by atoms with Gasteiger partial charge in [0.05, 0.1) is 38.2 Å². The van der Waals surface area contributed by atoms with Crippen LogP contribution >= 0.6 is 0 Å². The van der Waals surface area contributed by atoms with E-state index in [9.17, 15) is 10.1 Å². The third-order valence-electron chi connectivity index (χ3n) is 11.1. The number of nitro benzene ring substituents is 1. The molecule has 11 aromatic rings. The van der Waals surface area contributed by atoms with Crippen molar-refractivity contribution >= 4 is 49.3 Å². The fraction of sp³-hybridized carbons (Fsp3) is 0. The van der Waals surface area contributed by atoms with Crippen molar-refractivity contribution in [3.63, 3.8) is 0 Å². The minimum atomic E-state index is -0.312. The lowest BCUT2D eigenvalue weighted by Gasteiger charge is -2.17. The standard InChI is InChI=1S/C51H32N6O2/c58-57(59)45-27-15-11-23-38(45)41-32-35(51-53-49(33-16-4-1-5-17-33)52-50(54-51)34-18-6-2-7-19-34)28-30-44(41)56-42-25-13-10-22-37(42)39-29-31-46-47(48(39)56)40-24-12-14-26-43(40)55(46)36-20-8-3-9-21-36/h1-32H. The molecule has 59 heavy (non-hydrogen) atoms. The van der Waals surface area contributed by atoms with Gasteiger partial charge in [-0.3, -0.25) is 10.1 Å². The van der Waals surface area contributed by atoms with Gasteiger partial charge < -0.3 is 9.13 Å². The zero-order chi connectivity index (χ0) is 39.5. The molecule has 0 saturated carbocycles. The minimum absolute atomic E-state index is 0.00286.